The second kappa shape index (κ2) is 5.59. The minimum absolute atomic E-state index is 0.390. The molecule has 3 rings (SSSR count). The number of aromatic nitrogens is 2. The number of nitrogens with zero attached hydrogens (tertiary/aromatic N) is 3. The molecule has 5 heteroatoms. The lowest BCUT2D eigenvalue weighted by molar-refractivity contribution is 0.206. The molecule has 1 aromatic rings. The Hall–Kier alpha value is -0.940. The molecule has 1 aliphatic carbocycles. The first-order valence-corrected chi connectivity index (χ1v) is 7.52. The molecule has 0 aromatic carbocycles. The van der Waals surface area contributed by atoms with Crippen LogP contribution in [0.3, 0.4) is 0 Å². The van der Waals surface area contributed by atoms with Gasteiger partial charge in [-0.1, -0.05) is 18.0 Å². The largest absolute Gasteiger partial charge is 0.339 e. The zero-order valence-electron chi connectivity index (χ0n) is 11.8. The van der Waals surface area contributed by atoms with E-state index < -0.39 is 0 Å². The Morgan fingerprint density at radius 1 is 1.32 bits per heavy atom. The van der Waals surface area contributed by atoms with E-state index in [-0.39, 0.29) is 0 Å². The van der Waals surface area contributed by atoms with E-state index >= 15 is 0 Å². The fourth-order valence-electron chi connectivity index (χ4n) is 3.49. The molecular weight excluding hydrogens is 240 g/mol. The Labute approximate surface area is 114 Å². The topological polar surface area (TPSA) is 54.2 Å². The highest BCUT2D eigenvalue weighted by atomic mass is 16.5. The van der Waals surface area contributed by atoms with E-state index in [2.05, 4.69) is 20.4 Å². The van der Waals surface area contributed by atoms with Gasteiger partial charge in [0.1, 0.15) is 0 Å². The summed E-state index contributed by atoms with van der Waals surface area (Å²) >= 11 is 0. The van der Waals surface area contributed by atoms with Crippen LogP contribution >= 0.6 is 0 Å². The summed E-state index contributed by atoms with van der Waals surface area (Å²) in [5.41, 5.74) is 0.390. The van der Waals surface area contributed by atoms with Gasteiger partial charge in [-0.2, -0.15) is 4.98 Å². The highest BCUT2D eigenvalue weighted by Gasteiger charge is 2.36. The summed E-state index contributed by atoms with van der Waals surface area (Å²) in [5, 5.41) is 7.65. The predicted octanol–water partition coefficient (Wildman–Crippen LogP) is 1.53. The number of rotatable bonds is 3. The van der Waals surface area contributed by atoms with Crippen molar-refractivity contribution in [2.24, 2.45) is 0 Å². The summed E-state index contributed by atoms with van der Waals surface area (Å²) in [4.78, 5) is 6.86. The maximum atomic E-state index is 5.20. The highest BCUT2D eigenvalue weighted by Crippen LogP contribution is 2.31. The third kappa shape index (κ3) is 3.15. The Balaban J connectivity index is 1.57. The number of nitrogens with one attached hydrogen (secondary N) is 1. The fourth-order valence-corrected chi connectivity index (χ4v) is 3.49. The molecule has 0 bridgehead atoms. The van der Waals surface area contributed by atoms with Crippen molar-refractivity contribution in [1.29, 1.82) is 0 Å². The van der Waals surface area contributed by atoms with Gasteiger partial charge in [-0.15, -0.1) is 0 Å². The molecule has 19 heavy (non-hydrogen) atoms. The minimum Gasteiger partial charge on any atom is -0.339 e. The van der Waals surface area contributed by atoms with Gasteiger partial charge in [-0.3, -0.25) is 0 Å². The van der Waals surface area contributed by atoms with Crippen LogP contribution in [0.2, 0.25) is 0 Å². The van der Waals surface area contributed by atoms with Gasteiger partial charge in [0.15, 0.2) is 5.82 Å². The van der Waals surface area contributed by atoms with Crippen molar-refractivity contribution < 1.29 is 4.52 Å². The second-order valence-electron chi connectivity index (χ2n) is 6.03. The maximum absolute atomic E-state index is 5.20. The molecular formula is C14H24N4O. The van der Waals surface area contributed by atoms with Crippen molar-refractivity contribution in [3.63, 3.8) is 0 Å². The van der Waals surface area contributed by atoms with Gasteiger partial charge in [0.05, 0.1) is 0 Å². The van der Waals surface area contributed by atoms with Crippen LogP contribution in [0.5, 0.6) is 0 Å². The molecule has 106 valence electrons. The van der Waals surface area contributed by atoms with Crippen LogP contribution in [0.25, 0.3) is 0 Å². The Morgan fingerprint density at radius 2 is 2.16 bits per heavy atom. The van der Waals surface area contributed by atoms with Gasteiger partial charge in [0.2, 0.25) is 5.89 Å². The normalized spacial score (nSPS) is 23.8. The van der Waals surface area contributed by atoms with E-state index in [9.17, 15) is 0 Å². The van der Waals surface area contributed by atoms with Gasteiger partial charge >= 0.3 is 0 Å². The van der Waals surface area contributed by atoms with Crippen molar-refractivity contribution in [3.05, 3.63) is 11.7 Å². The third-order valence-corrected chi connectivity index (χ3v) is 4.45. The lowest BCUT2D eigenvalue weighted by Gasteiger charge is -2.33. The lowest BCUT2D eigenvalue weighted by Crippen LogP contribution is -2.49. The molecule has 0 unspecified atom stereocenters. The van der Waals surface area contributed by atoms with Crippen LogP contribution in [-0.4, -0.2) is 46.8 Å². The average Bonchev–Trinajstić information content (AvgIpc) is 2.95. The quantitative estimate of drug-likeness (QED) is 0.897. The van der Waals surface area contributed by atoms with Crippen molar-refractivity contribution in [2.45, 2.75) is 51.0 Å². The summed E-state index contributed by atoms with van der Waals surface area (Å²) < 4.78 is 5.20. The van der Waals surface area contributed by atoms with Gasteiger partial charge in [0.25, 0.3) is 0 Å². The molecule has 1 saturated carbocycles. The van der Waals surface area contributed by atoms with E-state index in [4.69, 9.17) is 4.52 Å². The summed E-state index contributed by atoms with van der Waals surface area (Å²) in [6.45, 7) is 6.43. The molecule has 1 aliphatic heterocycles. The smallest absolute Gasteiger partial charge is 0.227 e. The summed E-state index contributed by atoms with van der Waals surface area (Å²) in [6, 6.07) is 0. The van der Waals surface area contributed by atoms with Gasteiger partial charge in [0, 0.05) is 25.0 Å². The van der Waals surface area contributed by atoms with Crippen LogP contribution in [0.4, 0.5) is 0 Å². The third-order valence-electron chi connectivity index (χ3n) is 4.45. The average molecular weight is 264 g/mol. The van der Waals surface area contributed by atoms with Gasteiger partial charge < -0.3 is 14.7 Å². The van der Waals surface area contributed by atoms with Crippen molar-refractivity contribution in [1.82, 2.24) is 20.4 Å². The molecule has 5 nitrogen and oxygen atoms in total. The number of aryl methyl sites for hydroxylation is 1. The van der Waals surface area contributed by atoms with Crippen molar-refractivity contribution in [3.8, 4) is 0 Å². The zero-order chi connectivity index (χ0) is 13.1. The summed E-state index contributed by atoms with van der Waals surface area (Å²) in [6.07, 6.45) is 7.54. The molecule has 0 atom stereocenters. The molecule has 2 heterocycles. The lowest BCUT2D eigenvalue weighted by atomic mass is 9.97. The molecule has 2 aliphatic rings. The Kier molecular flexibility index (Phi) is 3.84. The highest BCUT2D eigenvalue weighted by molar-refractivity contribution is 4.97. The standard InChI is InChI=1S/C14H24N4O/c1-12-16-13(19-17-12)5-10-18-9-4-8-15-14(11-18)6-2-3-7-14/h15H,2-11H2,1H3. The Morgan fingerprint density at radius 3 is 2.89 bits per heavy atom. The van der Waals surface area contributed by atoms with E-state index in [1.807, 2.05) is 6.92 Å². The fraction of sp³-hybridized carbons (Fsp3) is 0.857. The molecule has 0 radical (unpaired) electrons. The summed E-state index contributed by atoms with van der Waals surface area (Å²) in [7, 11) is 0. The van der Waals surface area contributed by atoms with Crippen LogP contribution in [0.15, 0.2) is 4.52 Å². The van der Waals surface area contributed by atoms with Crippen molar-refractivity contribution >= 4 is 0 Å². The van der Waals surface area contributed by atoms with E-state index in [1.54, 1.807) is 0 Å². The number of hydrogen-bond acceptors (Lipinski definition) is 5. The van der Waals surface area contributed by atoms with Crippen LogP contribution < -0.4 is 5.32 Å². The predicted molar refractivity (Wildman–Crippen MR) is 73.0 cm³/mol. The van der Waals surface area contributed by atoms with Crippen molar-refractivity contribution in [2.75, 3.05) is 26.2 Å². The molecule has 1 saturated heterocycles. The van der Waals surface area contributed by atoms with Gasteiger partial charge in [-0.05, 0) is 39.3 Å². The first-order valence-electron chi connectivity index (χ1n) is 7.52. The first kappa shape index (κ1) is 13.1. The van der Waals surface area contributed by atoms with E-state index in [0.29, 0.717) is 5.54 Å². The van der Waals surface area contributed by atoms with Crippen LogP contribution in [0.1, 0.15) is 43.8 Å². The van der Waals surface area contributed by atoms with E-state index in [1.165, 1.54) is 45.2 Å². The monoisotopic (exact) mass is 264 g/mol. The SMILES string of the molecule is Cc1noc(CCN2CCCNC3(CCCC3)C2)n1. The molecule has 0 amide bonds. The van der Waals surface area contributed by atoms with Crippen LogP contribution in [0, 0.1) is 6.92 Å². The Bertz CT molecular complexity index is 411. The first-order chi connectivity index (χ1) is 9.26. The molecule has 1 aromatic heterocycles. The number of hydrogen-bond donors (Lipinski definition) is 1. The molecule has 1 N–H and O–H groups in total. The molecule has 1 spiro atoms. The minimum atomic E-state index is 0.390. The molecule has 2 fully saturated rings. The zero-order valence-corrected chi connectivity index (χ0v) is 11.8. The summed E-state index contributed by atoms with van der Waals surface area (Å²) in [5.74, 6) is 1.51. The maximum Gasteiger partial charge on any atom is 0.227 e. The van der Waals surface area contributed by atoms with Gasteiger partial charge in [-0.25, -0.2) is 0 Å². The van der Waals surface area contributed by atoms with Crippen LogP contribution in [-0.2, 0) is 6.42 Å². The second-order valence-corrected chi connectivity index (χ2v) is 6.03. The van der Waals surface area contributed by atoms with E-state index in [0.717, 1.165) is 31.2 Å².